The van der Waals surface area contributed by atoms with Gasteiger partial charge in [0.15, 0.2) is 5.78 Å². The van der Waals surface area contributed by atoms with E-state index in [9.17, 15) is 18.0 Å². The van der Waals surface area contributed by atoms with E-state index in [1.54, 1.807) is 19.3 Å². The minimum Gasteiger partial charge on any atom is -0.328 e. The van der Waals surface area contributed by atoms with Crippen LogP contribution < -0.4 is 5.73 Å². The Morgan fingerprint density at radius 3 is 2.47 bits per heavy atom. The van der Waals surface area contributed by atoms with Crippen LogP contribution in [0, 0.1) is 23.4 Å². The molecule has 1 fully saturated rings. The zero-order valence-electron chi connectivity index (χ0n) is 19.3. The van der Waals surface area contributed by atoms with E-state index in [1.807, 2.05) is 6.07 Å². The molecule has 7 heteroatoms. The first kappa shape index (κ1) is 24.1. The van der Waals surface area contributed by atoms with Crippen LogP contribution in [0.2, 0.25) is 0 Å². The average Bonchev–Trinajstić information content (AvgIpc) is 2.79. The summed E-state index contributed by atoms with van der Waals surface area (Å²) in [6, 6.07) is 6.61. The number of aryl methyl sites for hydroxylation is 1. The summed E-state index contributed by atoms with van der Waals surface area (Å²) in [7, 11) is 0. The molecule has 34 heavy (non-hydrogen) atoms. The number of rotatable bonds is 6. The van der Waals surface area contributed by atoms with Gasteiger partial charge < -0.3 is 5.73 Å². The highest BCUT2D eigenvalue weighted by atomic mass is 19.1. The molecule has 0 radical (unpaired) electrons. The SMILES string of the molecule is CCc1cc(F)c(-c2nc(C(=O)Cc3cnccc3[C@@H]3C[C@H](C)C[C@H](N)C3)ccc2F)c(F)c1. The maximum Gasteiger partial charge on any atom is 0.185 e. The third-order valence-corrected chi connectivity index (χ3v) is 6.59. The van der Waals surface area contributed by atoms with Gasteiger partial charge >= 0.3 is 0 Å². The van der Waals surface area contributed by atoms with Crippen molar-refractivity contribution in [1.29, 1.82) is 0 Å². The van der Waals surface area contributed by atoms with E-state index in [1.165, 1.54) is 6.07 Å². The van der Waals surface area contributed by atoms with E-state index >= 15 is 0 Å². The van der Waals surface area contributed by atoms with Crippen molar-refractivity contribution in [3.05, 3.63) is 82.6 Å². The lowest BCUT2D eigenvalue weighted by Crippen LogP contribution is -2.31. The molecule has 1 saturated carbocycles. The maximum atomic E-state index is 14.6. The van der Waals surface area contributed by atoms with E-state index in [-0.39, 0.29) is 29.9 Å². The number of halogens is 3. The Morgan fingerprint density at radius 1 is 1.06 bits per heavy atom. The van der Waals surface area contributed by atoms with Crippen molar-refractivity contribution in [2.75, 3.05) is 0 Å². The Labute approximate surface area is 197 Å². The number of pyridine rings is 2. The maximum absolute atomic E-state index is 14.6. The highest BCUT2D eigenvalue weighted by molar-refractivity contribution is 5.96. The van der Waals surface area contributed by atoms with Crippen LogP contribution in [0.15, 0.2) is 42.7 Å². The quantitative estimate of drug-likeness (QED) is 0.467. The fraction of sp³-hybridized carbons (Fsp3) is 0.370. The molecule has 0 saturated heterocycles. The molecule has 4 nitrogen and oxygen atoms in total. The Balaban J connectivity index is 1.64. The van der Waals surface area contributed by atoms with Gasteiger partial charge in [0.2, 0.25) is 0 Å². The van der Waals surface area contributed by atoms with E-state index in [4.69, 9.17) is 5.73 Å². The Morgan fingerprint density at radius 2 is 1.79 bits per heavy atom. The largest absolute Gasteiger partial charge is 0.328 e. The van der Waals surface area contributed by atoms with Gasteiger partial charge in [0.1, 0.15) is 28.8 Å². The minimum absolute atomic E-state index is 0.00109. The molecule has 1 aromatic carbocycles. The lowest BCUT2D eigenvalue weighted by molar-refractivity contribution is 0.0987. The standard InChI is InChI=1S/C27H28F3N3O/c1-3-16-10-22(29)26(23(30)11-16)27-21(28)4-5-24(33-27)25(34)13-18-14-32-7-6-20(18)17-8-15(2)9-19(31)12-17/h4-7,10-11,14-15,17,19H,3,8-9,12-13,31H2,1-2H3/t15-,17+,19-/m0/s1. The van der Waals surface area contributed by atoms with Gasteiger partial charge in [-0.25, -0.2) is 18.2 Å². The van der Waals surface area contributed by atoms with Gasteiger partial charge in [-0.1, -0.05) is 13.8 Å². The predicted octanol–water partition coefficient (Wildman–Crippen LogP) is 5.78. The van der Waals surface area contributed by atoms with Crippen LogP contribution in [0.4, 0.5) is 13.2 Å². The van der Waals surface area contributed by atoms with Crippen molar-refractivity contribution >= 4 is 5.78 Å². The molecule has 0 unspecified atom stereocenters. The van der Waals surface area contributed by atoms with Crippen LogP contribution in [0.3, 0.4) is 0 Å². The molecule has 2 heterocycles. The summed E-state index contributed by atoms with van der Waals surface area (Å²) in [6.45, 7) is 3.94. The topological polar surface area (TPSA) is 68.9 Å². The van der Waals surface area contributed by atoms with E-state index < -0.39 is 28.7 Å². The summed E-state index contributed by atoms with van der Waals surface area (Å²) in [6.07, 6.45) is 6.58. The Hall–Kier alpha value is -3.06. The van der Waals surface area contributed by atoms with Crippen molar-refractivity contribution < 1.29 is 18.0 Å². The minimum atomic E-state index is -0.912. The van der Waals surface area contributed by atoms with Gasteiger partial charge in [-0.15, -0.1) is 0 Å². The molecule has 0 bridgehead atoms. The summed E-state index contributed by atoms with van der Waals surface area (Å²) in [5.41, 5.74) is 7.33. The number of benzene rings is 1. The lowest BCUT2D eigenvalue weighted by atomic mass is 9.75. The second-order valence-corrected chi connectivity index (χ2v) is 9.26. The summed E-state index contributed by atoms with van der Waals surface area (Å²) in [4.78, 5) is 21.3. The van der Waals surface area contributed by atoms with Crippen molar-refractivity contribution in [2.45, 2.75) is 57.9 Å². The highest BCUT2D eigenvalue weighted by Crippen LogP contribution is 2.37. The normalized spacial score (nSPS) is 20.4. The van der Waals surface area contributed by atoms with Crippen molar-refractivity contribution in [3.63, 3.8) is 0 Å². The van der Waals surface area contributed by atoms with Gasteiger partial charge in [-0.3, -0.25) is 9.78 Å². The second-order valence-electron chi connectivity index (χ2n) is 9.26. The van der Waals surface area contributed by atoms with Gasteiger partial charge in [0, 0.05) is 24.9 Å². The zero-order valence-corrected chi connectivity index (χ0v) is 19.3. The molecule has 178 valence electrons. The van der Waals surface area contributed by atoms with Crippen LogP contribution in [-0.2, 0) is 12.8 Å². The Kier molecular flexibility index (Phi) is 7.12. The number of aromatic nitrogens is 2. The van der Waals surface area contributed by atoms with Crippen LogP contribution in [0.5, 0.6) is 0 Å². The summed E-state index contributed by atoms with van der Waals surface area (Å²) < 4.78 is 43.8. The van der Waals surface area contributed by atoms with E-state index in [2.05, 4.69) is 16.9 Å². The van der Waals surface area contributed by atoms with Crippen LogP contribution in [0.1, 0.15) is 66.2 Å². The number of nitrogens with two attached hydrogens (primary N) is 1. The summed E-state index contributed by atoms with van der Waals surface area (Å²) in [5.74, 6) is -2.40. The van der Waals surface area contributed by atoms with E-state index in [0.29, 0.717) is 17.9 Å². The third-order valence-electron chi connectivity index (χ3n) is 6.59. The van der Waals surface area contributed by atoms with Crippen LogP contribution >= 0.6 is 0 Å². The zero-order chi connectivity index (χ0) is 24.4. The molecule has 1 aliphatic carbocycles. The molecular weight excluding hydrogens is 439 g/mol. The fourth-order valence-corrected chi connectivity index (χ4v) is 4.99. The first-order valence-electron chi connectivity index (χ1n) is 11.6. The second kappa shape index (κ2) is 10.1. The summed E-state index contributed by atoms with van der Waals surface area (Å²) in [5, 5.41) is 0. The number of carbonyl (C=O) groups is 1. The number of carbonyl (C=O) groups excluding carboxylic acids is 1. The highest BCUT2D eigenvalue weighted by Gasteiger charge is 2.28. The van der Waals surface area contributed by atoms with Gasteiger partial charge in [-0.2, -0.15) is 0 Å². The fourth-order valence-electron chi connectivity index (χ4n) is 4.99. The Bertz CT molecular complexity index is 1180. The van der Waals surface area contributed by atoms with Gasteiger partial charge in [0.05, 0.1) is 5.56 Å². The number of nitrogens with zero attached hydrogens (tertiary/aromatic N) is 2. The van der Waals surface area contributed by atoms with Crippen LogP contribution in [-0.4, -0.2) is 21.8 Å². The number of Topliss-reactive ketones (excluding diaryl/α,β-unsaturated/α-hetero) is 1. The molecule has 4 rings (SSSR count). The smallest absolute Gasteiger partial charge is 0.185 e. The van der Waals surface area contributed by atoms with Crippen molar-refractivity contribution in [3.8, 4) is 11.3 Å². The monoisotopic (exact) mass is 467 g/mol. The molecule has 3 atom stereocenters. The first-order valence-corrected chi connectivity index (χ1v) is 11.6. The van der Waals surface area contributed by atoms with Crippen molar-refractivity contribution in [2.24, 2.45) is 11.7 Å². The molecule has 2 aromatic heterocycles. The number of ketones is 1. The van der Waals surface area contributed by atoms with Crippen molar-refractivity contribution in [1.82, 2.24) is 9.97 Å². The van der Waals surface area contributed by atoms with Crippen LogP contribution in [0.25, 0.3) is 11.3 Å². The van der Waals surface area contributed by atoms with Gasteiger partial charge in [0.25, 0.3) is 0 Å². The average molecular weight is 468 g/mol. The predicted molar refractivity (Wildman–Crippen MR) is 125 cm³/mol. The molecular formula is C27H28F3N3O. The molecule has 3 aromatic rings. The molecule has 2 N–H and O–H groups in total. The molecule has 0 spiro atoms. The number of hydrogen-bond donors (Lipinski definition) is 1. The lowest BCUT2D eigenvalue weighted by Gasteiger charge is -2.32. The molecule has 0 aliphatic heterocycles. The number of hydrogen-bond acceptors (Lipinski definition) is 4. The third kappa shape index (κ3) is 5.04. The van der Waals surface area contributed by atoms with Gasteiger partial charge in [-0.05, 0) is 84.5 Å². The first-order chi connectivity index (χ1) is 16.3. The molecule has 1 aliphatic rings. The summed E-state index contributed by atoms with van der Waals surface area (Å²) >= 11 is 0. The molecule has 0 amide bonds. The van der Waals surface area contributed by atoms with E-state index in [0.717, 1.165) is 48.6 Å².